The lowest BCUT2D eigenvalue weighted by Crippen LogP contribution is -2.50. The first-order chi connectivity index (χ1) is 8.58. The van der Waals surface area contributed by atoms with Crippen molar-refractivity contribution < 1.29 is 9.32 Å². The maximum atomic E-state index is 12.0. The van der Waals surface area contributed by atoms with E-state index in [0.29, 0.717) is 12.3 Å². The molecule has 1 saturated heterocycles. The number of amides is 1. The van der Waals surface area contributed by atoms with Gasteiger partial charge in [-0.2, -0.15) is 0 Å². The number of carbonyl (C=O) groups is 1. The average Bonchev–Trinajstić information content (AvgIpc) is 2.64. The number of nitrogens with one attached hydrogen (secondary N) is 2. The smallest absolute Gasteiger partial charge is 0.224 e. The van der Waals surface area contributed by atoms with Crippen LogP contribution < -0.4 is 10.6 Å². The molecule has 1 amide bonds. The van der Waals surface area contributed by atoms with E-state index in [1.54, 1.807) is 0 Å². The Labute approximate surface area is 119 Å². The van der Waals surface area contributed by atoms with Crippen LogP contribution in [-0.2, 0) is 11.2 Å². The lowest BCUT2D eigenvalue weighted by atomic mass is 9.94. The molecular formula is C13H22ClN3O2. The zero-order valence-corrected chi connectivity index (χ0v) is 12.5. The number of rotatable bonds is 3. The fraction of sp³-hybridized carbons (Fsp3) is 0.692. The van der Waals surface area contributed by atoms with Gasteiger partial charge in [0.2, 0.25) is 5.91 Å². The van der Waals surface area contributed by atoms with Crippen molar-refractivity contribution >= 4 is 18.3 Å². The van der Waals surface area contributed by atoms with Gasteiger partial charge in [-0.3, -0.25) is 4.79 Å². The van der Waals surface area contributed by atoms with Crippen molar-refractivity contribution in [3.8, 4) is 0 Å². The van der Waals surface area contributed by atoms with E-state index in [2.05, 4.69) is 22.7 Å². The van der Waals surface area contributed by atoms with Gasteiger partial charge in [-0.25, -0.2) is 0 Å². The molecular weight excluding hydrogens is 266 g/mol. The number of nitrogens with zero attached hydrogens (tertiary/aromatic N) is 1. The quantitative estimate of drug-likeness (QED) is 0.881. The van der Waals surface area contributed by atoms with E-state index in [1.165, 1.54) is 0 Å². The summed E-state index contributed by atoms with van der Waals surface area (Å²) in [6, 6.07) is 0.228. The summed E-state index contributed by atoms with van der Waals surface area (Å²) in [5, 5.41) is 10.3. The summed E-state index contributed by atoms with van der Waals surface area (Å²) in [6.45, 7) is 7.78. The Balaban J connectivity index is 0.00000180. The molecule has 1 fully saturated rings. The molecule has 0 saturated carbocycles. The summed E-state index contributed by atoms with van der Waals surface area (Å²) in [5.74, 6) is 1.31. The summed E-state index contributed by atoms with van der Waals surface area (Å²) >= 11 is 0. The molecule has 0 bridgehead atoms. The van der Waals surface area contributed by atoms with Crippen LogP contribution in [-0.4, -0.2) is 30.2 Å². The Morgan fingerprint density at radius 3 is 2.84 bits per heavy atom. The summed E-state index contributed by atoms with van der Waals surface area (Å²) in [6.07, 6.45) is 1.46. The van der Waals surface area contributed by atoms with Crippen molar-refractivity contribution in [1.29, 1.82) is 0 Å². The van der Waals surface area contributed by atoms with Gasteiger partial charge in [0.1, 0.15) is 5.76 Å². The number of halogens is 1. The normalized spacial score (nSPS) is 22.7. The van der Waals surface area contributed by atoms with Crippen molar-refractivity contribution in [2.24, 2.45) is 5.92 Å². The highest BCUT2D eigenvalue weighted by molar-refractivity contribution is 5.85. The van der Waals surface area contributed by atoms with Crippen molar-refractivity contribution in [3.05, 3.63) is 17.0 Å². The molecule has 2 atom stereocenters. The van der Waals surface area contributed by atoms with Gasteiger partial charge in [0.05, 0.1) is 12.1 Å². The Kier molecular flexibility index (Phi) is 5.82. The van der Waals surface area contributed by atoms with Crippen LogP contribution in [0.3, 0.4) is 0 Å². The third-order valence-electron chi connectivity index (χ3n) is 3.69. The zero-order chi connectivity index (χ0) is 13.1. The van der Waals surface area contributed by atoms with E-state index in [-0.39, 0.29) is 24.4 Å². The lowest BCUT2D eigenvalue weighted by Gasteiger charge is -2.30. The van der Waals surface area contributed by atoms with E-state index in [0.717, 1.165) is 36.5 Å². The van der Waals surface area contributed by atoms with Gasteiger partial charge >= 0.3 is 0 Å². The van der Waals surface area contributed by atoms with Gasteiger partial charge in [-0.1, -0.05) is 12.1 Å². The molecule has 2 heterocycles. The van der Waals surface area contributed by atoms with Crippen LogP contribution in [0, 0.1) is 19.8 Å². The molecule has 2 unspecified atom stereocenters. The summed E-state index contributed by atoms with van der Waals surface area (Å²) < 4.78 is 5.06. The molecule has 6 heteroatoms. The van der Waals surface area contributed by atoms with Crippen LogP contribution >= 0.6 is 12.4 Å². The fourth-order valence-corrected chi connectivity index (χ4v) is 2.36. The molecule has 19 heavy (non-hydrogen) atoms. The molecule has 0 aromatic carbocycles. The second kappa shape index (κ2) is 6.91. The van der Waals surface area contributed by atoms with Crippen molar-refractivity contribution in [1.82, 2.24) is 15.8 Å². The first-order valence-electron chi connectivity index (χ1n) is 6.49. The maximum Gasteiger partial charge on any atom is 0.224 e. The van der Waals surface area contributed by atoms with Gasteiger partial charge in [-0.05, 0) is 32.7 Å². The van der Waals surface area contributed by atoms with Gasteiger partial charge in [0.15, 0.2) is 0 Å². The molecule has 0 spiro atoms. The number of hydrogen-bond acceptors (Lipinski definition) is 4. The summed E-state index contributed by atoms with van der Waals surface area (Å²) in [4.78, 5) is 12.0. The van der Waals surface area contributed by atoms with E-state index < -0.39 is 0 Å². The van der Waals surface area contributed by atoms with Crippen LogP contribution in [0.15, 0.2) is 4.52 Å². The molecule has 2 N–H and O–H groups in total. The van der Waals surface area contributed by atoms with Crippen LogP contribution in [0.4, 0.5) is 0 Å². The van der Waals surface area contributed by atoms with Crippen LogP contribution in [0.2, 0.25) is 0 Å². The minimum atomic E-state index is 0. The predicted molar refractivity (Wildman–Crippen MR) is 75.5 cm³/mol. The second-order valence-corrected chi connectivity index (χ2v) is 5.12. The molecule has 2 rings (SSSR count). The largest absolute Gasteiger partial charge is 0.361 e. The Morgan fingerprint density at radius 1 is 1.53 bits per heavy atom. The van der Waals surface area contributed by atoms with E-state index in [4.69, 9.17) is 4.52 Å². The molecule has 1 aliphatic heterocycles. The van der Waals surface area contributed by atoms with Crippen LogP contribution in [0.1, 0.15) is 30.4 Å². The van der Waals surface area contributed by atoms with Gasteiger partial charge in [0, 0.05) is 18.2 Å². The first-order valence-corrected chi connectivity index (χ1v) is 6.49. The Hall–Kier alpha value is -1.07. The van der Waals surface area contributed by atoms with Crippen molar-refractivity contribution in [2.45, 2.75) is 39.7 Å². The van der Waals surface area contributed by atoms with Crippen LogP contribution in [0.25, 0.3) is 0 Å². The number of hydrogen-bond donors (Lipinski definition) is 2. The van der Waals surface area contributed by atoms with Crippen molar-refractivity contribution in [2.75, 3.05) is 13.1 Å². The molecule has 0 radical (unpaired) electrons. The van der Waals surface area contributed by atoms with Crippen molar-refractivity contribution in [3.63, 3.8) is 0 Å². The Bertz CT molecular complexity index is 414. The van der Waals surface area contributed by atoms with E-state index in [9.17, 15) is 4.79 Å². The monoisotopic (exact) mass is 287 g/mol. The van der Waals surface area contributed by atoms with Gasteiger partial charge in [0.25, 0.3) is 0 Å². The van der Waals surface area contributed by atoms with E-state index >= 15 is 0 Å². The Morgan fingerprint density at radius 2 is 2.26 bits per heavy atom. The lowest BCUT2D eigenvalue weighted by molar-refractivity contribution is -0.121. The standard InChI is InChI=1S/C13H21N3O2.ClH/c1-8-4-5-14-7-12(8)15-13(17)6-11-9(2)16-18-10(11)3;/h8,12,14H,4-7H2,1-3H3,(H,15,17);1H. The van der Waals surface area contributed by atoms with E-state index in [1.807, 2.05) is 13.8 Å². The highest BCUT2D eigenvalue weighted by Crippen LogP contribution is 2.14. The minimum Gasteiger partial charge on any atom is -0.361 e. The molecule has 1 aliphatic rings. The highest BCUT2D eigenvalue weighted by atomic mass is 35.5. The molecule has 5 nitrogen and oxygen atoms in total. The predicted octanol–water partition coefficient (Wildman–Crippen LogP) is 1.37. The minimum absolute atomic E-state index is 0. The summed E-state index contributed by atoms with van der Waals surface area (Å²) in [5.41, 5.74) is 1.71. The SMILES string of the molecule is Cc1noc(C)c1CC(=O)NC1CNCCC1C.Cl. The molecule has 108 valence electrons. The van der Waals surface area contributed by atoms with Crippen LogP contribution in [0.5, 0.6) is 0 Å². The third-order valence-corrected chi connectivity index (χ3v) is 3.69. The number of piperidine rings is 1. The number of aryl methyl sites for hydroxylation is 2. The summed E-state index contributed by atoms with van der Waals surface area (Å²) in [7, 11) is 0. The average molecular weight is 288 g/mol. The second-order valence-electron chi connectivity index (χ2n) is 5.12. The molecule has 1 aromatic heterocycles. The third kappa shape index (κ3) is 3.94. The maximum absolute atomic E-state index is 12.0. The van der Waals surface area contributed by atoms with Gasteiger partial charge in [-0.15, -0.1) is 12.4 Å². The highest BCUT2D eigenvalue weighted by Gasteiger charge is 2.23. The molecule has 0 aliphatic carbocycles. The fourth-order valence-electron chi connectivity index (χ4n) is 2.36. The van der Waals surface area contributed by atoms with Gasteiger partial charge < -0.3 is 15.2 Å². The zero-order valence-electron chi connectivity index (χ0n) is 11.7. The number of aromatic nitrogens is 1. The molecule has 1 aromatic rings. The topological polar surface area (TPSA) is 67.2 Å². The number of carbonyl (C=O) groups excluding carboxylic acids is 1. The first kappa shape index (κ1) is 16.0.